The summed E-state index contributed by atoms with van der Waals surface area (Å²) in [6.45, 7) is 2.23. The SMILES string of the molecule is CC(CCCl)SCc1cccc2cccnc12. The fourth-order valence-corrected chi connectivity index (χ4v) is 3.19. The van der Waals surface area contributed by atoms with Crippen molar-refractivity contribution in [2.45, 2.75) is 24.3 Å². The number of hydrogen-bond acceptors (Lipinski definition) is 2. The van der Waals surface area contributed by atoms with E-state index in [4.69, 9.17) is 11.6 Å². The molecule has 0 bridgehead atoms. The molecule has 1 unspecified atom stereocenters. The van der Waals surface area contributed by atoms with Crippen LogP contribution in [0.4, 0.5) is 0 Å². The summed E-state index contributed by atoms with van der Waals surface area (Å²) in [5, 5.41) is 1.82. The van der Waals surface area contributed by atoms with Gasteiger partial charge in [-0.15, -0.1) is 11.6 Å². The Morgan fingerprint density at radius 1 is 1.29 bits per heavy atom. The quantitative estimate of drug-likeness (QED) is 0.739. The van der Waals surface area contributed by atoms with Crippen molar-refractivity contribution in [2.75, 3.05) is 5.88 Å². The molecule has 1 heterocycles. The first kappa shape index (κ1) is 12.7. The van der Waals surface area contributed by atoms with E-state index in [0.29, 0.717) is 5.25 Å². The maximum atomic E-state index is 5.75. The maximum absolute atomic E-state index is 5.75. The van der Waals surface area contributed by atoms with Crippen molar-refractivity contribution >= 4 is 34.3 Å². The number of nitrogens with zero attached hydrogens (tertiary/aromatic N) is 1. The van der Waals surface area contributed by atoms with Gasteiger partial charge >= 0.3 is 0 Å². The summed E-state index contributed by atoms with van der Waals surface area (Å²) in [6, 6.07) is 10.5. The molecule has 0 aliphatic heterocycles. The smallest absolute Gasteiger partial charge is 0.0742 e. The van der Waals surface area contributed by atoms with E-state index in [0.717, 1.165) is 23.6 Å². The normalized spacial score (nSPS) is 12.8. The molecule has 0 spiro atoms. The third kappa shape index (κ3) is 3.36. The number of thioether (sulfide) groups is 1. The Hall–Kier alpha value is -0.730. The van der Waals surface area contributed by atoms with Gasteiger partial charge in [-0.3, -0.25) is 4.98 Å². The second-order valence-electron chi connectivity index (χ2n) is 4.09. The van der Waals surface area contributed by atoms with E-state index >= 15 is 0 Å². The number of hydrogen-bond donors (Lipinski definition) is 0. The van der Waals surface area contributed by atoms with Gasteiger partial charge in [0.25, 0.3) is 0 Å². The van der Waals surface area contributed by atoms with Crippen LogP contribution in [0.25, 0.3) is 10.9 Å². The van der Waals surface area contributed by atoms with Gasteiger partial charge in [0.2, 0.25) is 0 Å². The van der Waals surface area contributed by atoms with E-state index in [1.807, 2.05) is 24.0 Å². The zero-order chi connectivity index (χ0) is 12.1. The van der Waals surface area contributed by atoms with Crippen molar-refractivity contribution in [1.82, 2.24) is 4.98 Å². The van der Waals surface area contributed by atoms with Crippen molar-refractivity contribution in [3.05, 3.63) is 42.1 Å². The summed E-state index contributed by atoms with van der Waals surface area (Å²) in [4.78, 5) is 4.47. The molecule has 0 aliphatic rings. The van der Waals surface area contributed by atoms with Crippen LogP contribution in [0.15, 0.2) is 36.5 Å². The number of halogens is 1. The molecule has 3 heteroatoms. The molecule has 0 amide bonds. The zero-order valence-corrected chi connectivity index (χ0v) is 11.5. The number of fused-ring (bicyclic) bond motifs is 1. The fraction of sp³-hybridized carbons (Fsp3) is 0.357. The van der Waals surface area contributed by atoms with E-state index in [9.17, 15) is 0 Å². The van der Waals surface area contributed by atoms with E-state index < -0.39 is 0 Å². The molecule has 0 N–H and O–H groups in total. The van der Waals surface area contributed by atoms with Crippen molar-refractivity contribution in [3.63, 3.8) is 0 Å². The van der Waals surface area contributed by atoms with Crippen LogP contribution in [0.1, 0.15) is 18.9 Å². The van der Waals surface area contributed by atoms with Gasteiger partial charge in [-0.1, -0.05) is 31.2 Å². The second kappa shape index (κ2) is 6.27. The average Bonchev–Trinajstić information content (AvgIpc) is 2.36. The summed E-state index contributed by atoms with van der Waals surface area (Å²) in [5.74, 6) is 1.74. The lowest BCUT2D eigenvalue weighted by atomic mass is 10.1. The lowest BCUT2D eigenvalue weighted by molar-refractivity contribution is 0.912. The number of alkyl halides is 1. The molecule has 1 atom stereocenters. The van der Waals surface area contributed by atoms with Crippen LogP contribution >= 0.6 is 23.4 Å². The Morgan fingerprint density at radius 3 is 2.94 bits per heavy atom. The summed E-state index contributed by atoms with van der Waals surface area (Å²) in [6.07, 6.45) is 2.92. The minimum Gasteiger partial charge on any atom is -0.256 e. The summed E-state index contributed by atoms with van der Waals surface area (Å²) in [5.41, 5.74) is 2.44. The first-order valence-electron chi connectivity index (χ1n) is 5.81. The zero-order valence-electron chi connectivity index (χ0n) is 9.90. The molecule has 2 rings (SSSR count). The highest BCUT2D eigenvalue weighted by atomic mass is 35.5. The third-order valence-corrected chi connectivity index (χ3v) is 4.26. The number of pyridine rings is 1. The Kier molecular flexibility index (Phi) is 4.69. The maximum Gasteiger partial charge on any atom is 0.0742 e. The van der Waals surface area contributed by atoms with Crippen LogP contribution in [0, 0.1) is 0 Å². The molecule has 1 nitrogen and oxygen atoms in total. The molecular formula is C14H16ClNS. The fourth-order valence-electron chi connectivity index (χ4n) is 1.75. The topological polar surface area (TPSA) is 12.9 Å². The molecule has 0 saturated carbocycles. The highest BCUT2D eigenvalue weighted by Gasteiger charge is 2.05. The van der Waals surface area contributed by atoms with Crippen LogP contribution in [0.3, 0.4) is 0 Å². The third-order valence-electron chi connectivity index (χ3n) is 2.76. The monoisotopic (exact) mass is 265 g/mol. The Bertz CT molecular complexity index is 481. The van der Waals surface area contributed by atoms with Gasteiger partial charge in [0, 0.05) is 28.5 Å². The van der Waals surface area contributed by atoms with Gasteiger partial charge < -0.3 is 0 Å². The summed E-state index contributed by atoms with van der Waals surface area (Å²) < 4.78 is 0. The summed E-state index contributed by atoms with van der Waals surface area (Å²) in [7, 11) is 0. The molecule has 90 valence electrons. The number of benzene rings is 1. The predicted molar refractivity (Wildman–Crippen MR) is 77.8 cm³/mol. The van der Waals surface area contributed by atoms with Gasteiger partial charge in [0.1, 0.15) is 0 Å². The molecule has 0 aliphatic carbocycles. The molecule has 1 aromatic heterocycles. The molecule has 17 heavy (non-hydrogen) atoms. The van der Waals surface area contributed by atoms with Crippen molar-refractivity contribution in [1.29, 1.82) is 0 Å². The van der Waals surface area contributed by atoms with Gasteiger partial charge in [-0.25, -0.2) is 0 Å². The van der Waals surface area contributed by atoms with Crippen molar-refractivity contribution in [2.24, 2.45) is 0 Å². The van der Waals surface area contributed by atoms with E-state index in [1.165, 1.54) is 10.9 Å². The minimum atomic E-state index is 0.603. The molecular weight excluding hydrogens is 250 g/mol. The largest absolute Gasteiger partial charge is 0.256 e. The van der Waals surface area contributed by atoms with Crippen molar-refractivity contribution in [3.8, 4) is 0 Å². The van der Waals surface area contributed by atoms with E-state index in [-0.39, 0.29) is 0 Å². The highest BCUT2D eigenvalue weighted by molar-refractivity contribution is 7.99. The minimum absolute atomic E-state index is 0.603. The van der Waals surface area contributed by atoms with Crippen molar-refractivity contribution < 1.29 is 0 Å². The number of rotatable bonds is 5. The first-order valence-corrected chi connectivity index (χ1v) is 7.40. The Balaban J connectivity index is 2.13. The van der Waals surface area contributed by atoms with Crippen LogP contribution in [-0.2, 0) is 5.75 Å². The van der Waals surface area contributed by atoms with E-state index in [1.54, 1.807) is 0 Å². The van der Waals surface area contributed by atoms with Gasteiger partial charge in [-0.2, -0.15) is 11.8 Å². The predicted octanol–water partition coefficient (Wildman–Crippen LogP) is 4.49. The summed E-state index contributed by atoms with van der Waals surface area (Å²) >= 11 is 7.69. The average molecular weight is 266 g/mol. The lowest BCUT2D eigenvalue weighted by Crippen LogP contribution is -1.98. The van der Waals surface area contributed by atoms with Crippen LogP contribution in [-0.4, -0.2) is 16.1 Å². The Labute approximate surface area is 112 Å². The Morgan fingerprint density at radius 2 is 2.12 bits per heavy atom. The molecule has 2 aromatic rings. The molecule has 0 radical (unpaired) electrons. The van der Waals surface area contributed by atoms with Gasteiger partial charge in [0.05, 0.1) is 5.52 Å². The highest BCUT2D eigenvalue weighted by Crippen LogP contribution is 2.24. The second-order valence-corrected chi connectivity index (χ2v) is 5.90. The van der Waals surface area contributed by atoms with Crippen LogP contribution in [0.5, 0.6) is 0 Å². The molecule has 1 aromatic carbocycles. The van der Waals surface area contributed by atoms with Crippen LogP contribution < -0.4 is 0 Å². The lowest BCUT2D eigenvalue weighted by Gasteiger charge is -2.10. The van der Waals surface area contributed by atoms with Gasteiger partial charge in [-0.05, 0) is 18.1 Å². The first-order chi connectivity index (χ1) is 8.31. The van der Waals surface area contributed by atoms with Gasteiger partial charge in [0.15, 0.2) is 0 Å². The van der Waals surface area contributed by atoms with E-state index in [2.05, 4.69) is 36.2 Å². The number of aromatic nitrogens is 1. The standard InChI is InChI=1S/C14H16ClNS/c1-11(7-8-15)17-10-13-5-2-4-12-6-3-9-16-14(12)13/h2-6,9,11H,7-8,10H2,1H3. The molecule has 0 saturated heterocycles. The van der Waals surface area contributed by atoms with Crippen LogP contribution in [0.2, 0.25) is 0 Å². The number of para-hydroxylation sites is 1. The molecule has 0 fully saturated rings.